The fraction of sp³-hybridized carbons (Fsp3) is 0.257. The summed E-state index contributed by atoms with van der Waals surface area (Å²) in [6.07, 6.45) is 5.10. The molecule has 3 heterocycles. The highest BCUT2D eigenvalue weighted by Crippen LogP contribution is 2.36. The van der Waals surface area contributed by atoms with Crippen molar-refractivity contribution in [3.63, 3.8) is 0 Å². The zero-order valence-corrected chi connectivity index (χ0v) is 27.6. The number of ether oxygens (including phenoxy) is 2. The van der Waals surface area contributed by atoms with Crippen molar-refractivity contribution in [1.29, 1.82) is 0 Å². The molecule has 246 valence electrons. The number of amides is 2. The van der Waals surface area contributed by atoms with E-state index in [9.17, 15) is 14.4 Å². The van der Waals surface area contributed by atoms with Gasteiger partial charge in [-0.15, -0.1) is 5.10 Å². The highest BCUT2D eigenvalue weighted by Gasteiger charge is 2.42. The number of hydrogen-bond acceptors (Lipinski definition) is 8. The van der Waals surface area contributed by atoms with Gasteiger partial charge in [-0.1, -0.05) is 23.7 Å². The fourth-order valence-electron chi connectivity index (χ4n) is 5.83. The summed E-state index contributed by atoms with van der Waals surface area (Å²) in [5.41, 5.74) is 3.08. The van der Waals surface area contributed by atoms with Gasteiger partial charge in [-0.2, -0.15) is 4.68 Å². The van der Waals surface area contributed by atoms with E-state index in [0.717, 1.165) is 16.5 Å². The number of carbonyl (C=O) groups is 3. The average molecular weight is 668 g/mol. The number of esters is 1. The standard InChI is InChI=1S/C35H34ClN7O5/c1-35(2,3)48-34(46)29-19-23-18-25(9-12-28(23)39-29)38-33(45)32-27(21-5-10-26(47-4)11-6-21)15-16-42(32)31(44)14-7-22-17-24(36)8-13-30(22)43-20-37-40-41-43/h5-14,17-20,27,32,39H,15-16H2,1-4H3,(H,38,45)/b14-7+/t27-,32-/m1/s1. The second kappa shape index (κ2) is 13.3. The number of nitrogens with zero attached hydrogens (tertiary/aromatic N) is 5. The maximum atomic E-state index is 14.1. The summed E-state index contributed by atoms with van der Waals surface area (Å²) in [4.78, 5) is 45.2. The lowest BCUT2D eigenvalue weighted by Gasteiger charge is -2.27. The van der Waals surface area contributed by atoms with Crippen LogP contribution in [-0.4, -0.2) is 73.2 Å². The molecule has 1 aliphatic rings. The molecule has 2 N–H and O–H groups in total. The number of hydrogen-bond donors (Lipinski definition) is 2. The van der Waals surface area contributed by atoms with Crippen LogP contribution in [0.5, 0.6) is 5.75 Å². The topological polar surface area (TPSA) is 144 Å². The summed E-state index contributed by atoms with van der Waals surface area (Å²) >= 11 is 6.27. The van der Waals surface area contributed by atoms with Crippen LogP contribution in [0.3, 0.4) is 0 Å². The van der Waals surface area contributed by atoms with E-state index >= 15 is 0 Å². The third kappa shape index (κ3) is 7.08. The van der Waals surface area contributed by atoms with E-state index < -0.39 is 17.6 Å². The van der Waals surface area contributed by atoms with Crippen LogP contribution in [0.1, 0.15) is 54.7 Å². The molecule has 0 unspecified atom stereocenters. The van der Waals surface area contributed by atoms with Crippen molar-refractivity contribution in [1.82, 2.24) is 30.1 Å². The number of aromatic nitrogens is 5. The number of aromatic amines is 1. The molecule has 0 bridgehead atoms. The van der Waals surface area contributed by atoms with E-state index in [4.69, 9.17) is 21.1 Å². The van der Waals surface area contributed by atoms with Gasteiger partial charge in [0.1, 0.15) is 29.4 Å². The first-order valence-electron chi connectivity index (χ1n) is 15.3. The third-order valence-electron chi connectivity index (χ3n) is 7.99. The normalized spacial score (nSPS) is 16.4. The van der Waals surface area contributed by atoms with E-state index in [-0.39, 0.29) is 17.7 Å². The highest BCUT2D eigenvalue weighted by atomic mass is 35.5. The second-order valence-electron chi connectivity index (χ2n) is 12.4. The van der Waals surface area contributed by atoms with E-state index in [1.165, 1.54) is 17.1 Å². The van der Waals surface area contributed by atoms with Crippen LogP contribution in [-0.2, 0) is 14.3 Å². The van der Waals surface area contributed by atoms with Gasteiger partial charge in [0.15, 0.2) is 0 Å². The Bertz CT molecular complexity index is 2000. The summed E-state index contributed by atoms with van der Waals surface area (Å²) < 4.78 is 12.3. The van der Waals surface area contributed by atoms with Gasteiger partial charge in [0, 0.05) is 45.7 Å². The van der Waals surface area contributed by atoms with Crippen molar-refractivity contribution < 1.29 is 23.9 Å². The predicted octanol–water partition coefficient (Wildman–Crippen LogP) is 5.80. The number of nitrogens with one attached hydrogen (secondary N) is 2. The van der Waals surface area contributed by atoms with E-state index in [1.54, 1.807) is 81.3 Å². The minimum atomic E-state index is -0.812. The molecule has 1 aliphatic heterocycles. The van der Waals surface area contributed by atoms with Crippen LogP contribution in [0.15, 0.2) is 79.1 Å². The quantitative estimate of drug-likeness (QED) is 0.156. The molecule has 2 aromatic heterocycles. The Morgan fingerprint density at radius 3 is 2.54 bits per heavy atom. The first-order valence-corrected chi connectivity index (χ1v) is 15.7. The number of halogens is 1. The second-order valence-corrected chi connectivity index (χ2v) is 12.8. The number of carbonyl (C=O) groups excluding carboxylic acids is 3. The van der Waals surface area contributed by atoms with Gasteiger partial charge in [-0.3, -0.25) is 9.59 Å². The van der Waals surface area contributed by atoms with Gasteiger partial charge in [0.25, 0.3) is 0 Å². The number of methoxy groups -OCH3 is 1. The molecule has 2 atom stereocenters. The van der Waals surface area contributed by atoms with Gasteiger partial charge in [-0.05, 0) is 104 Å². The highest BCUT2D eigenvalue weighted by molar-refractivity contribution is 6.30. The summed E-state index contributed by atoms with van der Waals surface area (Å²) in [6, 6.07) is 18.9. The molecule has 2 amide bonds. The summed E-state index contributed by atoms with van der Waals surface area (Å²) in [5.74, 6) is -0.723. The lowest BCUT2D eigenvalue weighted by atomic mass is 9.91. The molecule has 5 aromatic rings. The Balaban J connectivity index is 1.27. The zero-order valence-electron chi connectivity index (χ0n) is 26.8. The van der Waals surface area contributed by atoms with E-state index in [0.29, 0.717) is 46.4 Å². The summed E-state index contributed by atoms with van der Waals surface area (Å²) in [5, 5.41) is 15.6. The lowest BCUT2D eigenvalue weighted by Crippen LogP contribution is -2.44. The van der Waals surface area contributed by atoms with Crippen LogP contribution in [0.4, 0.5) is 5.69 Å². The van der Waals surface area contributed by atoms with Crippen LogP contribution >= 0.6 is 11.6 Å². The molecule has 1 saturated heterocycles. The number of fused-ring (bicyclic) bond motifs is 1. The molecule has 1 fully saturated rings. The van der Waals surface area contributed by atoms with Crippen molar-refractivity contribution in [3.05, 3.63) is 101 Å². The molecule has 6 rings (SSSR count). The van der Waals surface area contributed by atoms with Crippen LogP contribution in [0.2, 0.25) is 5.02 Å². The third-order valence-corrected chi connectivity index (χ3v) is 8.23. The van der Waals surface area contributed by atoms with Crippen LogP contribution < -0.4 is 10.1 Å². The number of benzene rings is 3. The molecule has 48 heavy (non-hydrogen) atoms. The van der Waals surface area contributed by atoms with E-state index in [2.05, 4.69) is 25.8 Å². The zero-order chi connectivity index (χ0) is 34.0. The maximum Gasteiger partial charge on any atom is 0.355 e. The number of H-pyrrole nitrogens is 1. The molecule has 3 aromatic carbocycles. The fourth-order valence-corrected chi connectivity index (χ4v) is 6.01. The minimum Gasteiger partial charge on any atom is -0.497 e. The van der Waals surface area contributed by atoms with Gasteiger partial charge in [0.2, 0.25) is 11.8 Å². The Labute approximate surface area is 281 Å². The van der Waals surface area contributed by atoms with Gasteiger partial charge >= 0.3 is 5.97 Å². The number of rotatable bonds is 8. The monoisotopic (exact) mass is 667 g/mol. The van der Waals surface area contributed by atoms with Gasteiger partial charge in [-0.25, -0.2) is 4.79 Å². The van der Waals surface area contributed by atoms with Crippen molar-refractivity contribution in [2.24, 2.45) is 0 Å². The molecular formula is C35H34ClN7O5. The maximum absolute atomic E-state index is 14.1. The number of anilines is 1. The van der Waals surface area contributed by atoms with Crippen molar-refractivity contribution in [2.75, 3.05) is 19.0 Å². The van der Waals surface area contributed by atoms with Gasteiger partial charge in [0.05, 0.1) is 12.8 Å². The Kier molecular flexibility index (Phi) is 9.01. The molecule has 12 nitrogen and oxygen atoms in total. The predicted molar refractivity (Wildman–Crippen MR) is 181 cm³/mol. The number of likely N-dealkylation sites (tertiary alicyclic amines) is 1. The van der Waals surface area contributed by atoms with Crippen LogP contribution in [0.25, 0.3) is 22.7 Å². The lowest BCUT2D eigenvalue weighted by molar-refractivity contribution is -0.133. The van der Waals surface area contributed by atoms with Crippen molar-refractivity contribution in [3.8, 4) is 11.4 Å². The van der Waals surface area contributed by atoms with Crippen molar-refractivity contribution >= 4 is 52.1 Å². The average Bonchev–Trinajstić information content (AvgIpc) is 3.83. The van der Waals surface area contributed by atoms with Gasteiger partial charge < -0.3 is 24.7 Å². The molecule has 0 aliphatic carbocycles. The summed E-state index contributed by atoms with van der Waals surface area (Å²) in [7, 11) is 1.59. The molecule has 0 radical (unpaired) electrons. The summed E-state index contributed by atoms with van der Waals surface area (Å²) in [6.45, 7) is 5.78. The smallest absolute Gasteiger partial charge is 0.355 e. The SMILES string of the molecule is COc1ccc([C@H]2CCN(C(=O)/C=C/c3cc(Cl)ccc3-n3cnnn3)[C@H]2C(=O)Nc2ccc3[nH]c(C(=O)OC(C)(C)C)cc3c2)cc1. The molecule has 0 spiro atoms. The number of tetrazole rings is 1. The first-order chi connectivity index (χ1) is 23.0. The molecule has 0 saturated carbocycles. The molecular weight excluding hydrogens is 634 g/mol. The minimum absolute atomic E-state index is 0.272. The molecule has 13 heteroatoms. The Hall–Kier alpha value is -5.49. The first kappa shape index (κ1) is 32.5. The van der Waals surface area contributed by atoms with E-state index in [1.807, 2.05) is 24.3 Å². The largest absolute Gasteiger partial charge is 0.497 e. The van der Waals surface area contributed by atoms with Crippen molar-refractivity contribution in [2.45, 2.75) is 44.8 Å². The Morgan fingerprint density at radius 2 is 1.83 bits per heavy atom. The van der Waals surface area contributed by atoms with Crippen LogP contribution in [0, 0.1) is 0 Å². The Morgan fingerprint density at radius 1 is 1.04 bits per heavy atom.